The van der Waals surface area contributed by atoms with Gasteiger partial charge in [0, 0.05) is 18.3 Å². The molecule has 3 nitrogen and oxygen atoms in total. The third kappa shape index (κ3) is 2.08. The summed E-state index contributed by atoms with van der Waals surface area (Å²) >= 11 is 0. The Morgan fingerprint density at radius 2 is 2.06 bits per heavy atom. The van der Waals surface area contributed by atoms with Gasteiger partial charge in [-0.1, -0.05) is 13.0 Å². The molecule has 3 heteroatoms. The largest absolute Gasteiger partial charge is 0.283 e. The monoisotopic (exact) mass is 217 g/mol. The van der Waals surface area contributed by atoms with Crippen molar-refractivity contribution in [3.63, 3.8) is 0 Å². The molecule has 1 aromatic heterocycles. The van der Waals surface area contributed by atoms with Gasteiger partial charge in [-0.3, -0.25) is 9.67 Å². The van der Waals surface area contributed by atoms with Gasteiger partial charge in [-0.2, -0.15) is 5.10 Å². The average Bonchev–Trinajstić information content (AvgIpc) is 2.66. The maximum Gasteiger partial charge on any atom is 0.0997 e. The molecule has 0 bridgehead atoms. The summed E-state index contributed by atoms with van der Waals surface area (Å²) in [5, 5.41) is 4.62. The van der Waals surface area contributed by atoms with Crippen molar-refractivity contribution < 1.29 is 0 Å². The smallest absolute Gasteiger partial charge is 0.0997 e. The Hall–Kier alpha value is -1.38. The van der Waals surface area contributed by atoms with Crippen LogP contribution in [-0.2, 0) is 5.54 Å². The highest BCUT2D eigenvalue weighted by molar-refractivity contribution is 5.72. The van der Waals surface area contributed by atoms with E-state index in [0.717, 1.165) is 5.69 Å². The van der Waals surface area contributed by atoms with Gasteiger partial charge in [0.05, 0.1) is 17.3 Å². The molecule has 0 fully saturated rings. The molecule has 86 valence electrons. The van der Waals surface area contributed by atoms with E-state index in [1.807, 2.05) is 23.2 Å². The molecule has 2 unspecified atom stereocenters. The second kappa shape index (κ2) is 3.89. The van der Waals surface area contributed by atoms with Crippen LogP contribution in [0.1, 0.15) is 39.4 Å². The van der Waals surface area contributed by atoms with Gasteiger partial charge >= 0.3 is 0 Å². The summed E-state index contributed by atoms with van der Waals surface area (Å²) in [6.45, 7) is 8.62. The maximum atomic E-state index is 4.62. The van der Waals surface area contributed by atoms with Crippen LogP contribution in [0.2, 0.25) is 0 Å². The number of allylic oxidation sites excluding steroid dienone is 1. The summed E-state index contributed by atoms with van der Waals surface area (Å²) in [6.07, 6.45) is 8.08. The molecule has 1 aliphatic heterocycles. The van der Waals surface area contributed by atoms with Crippen LogP contribution in [0.4, 0.5) is 0 Å². The number of hydrogen-bond acceptors (Lipinski definition) is 2. The molecular weight excluding hydrogens is 198 g/mol. The Morgan fingerprint density at radius 1 is 1.31 bits per heavy atom. The molecule has 0 spiro atoms. The molecule has 1 aliphatic rings. The highest BCUT2D eigenvalue weighted by Crippen LogP contribution is 2.28. The van der Waals surface area contributed by atoms with E-state index in [2.05, 4.69) is 49.9 Å². The van der Waals surface area contributed by atoms with Crippen LogP contribution in [-0.4, -0.2) is 16.0 Å². The number of aliphatic imine (C=N–C) groups is 1. The Kier molecular flexibility index (Phi) is 2.70. The van der Waals surface area contributed by atoms with Crippen LogP contribution >= 0.6 is 0 Å². The minimum atomic E-state index is 0.0374. The van der Waals surface area contributed by atoms with E-state index < -0.39 is 0 Å². The van der Waals surface area contributed by atoms with Crippen molar-refractivity contribution in [2.45, 2.75) is 39.3 Å². The van der Waals surface area contributed by atoms with Gasteiger partial charge in [0.1, 0.15) is 0 Å². The summed E-state index contributed by atoms with van der Waals surface area (Å²) in [5.41, 5.74) is 1.10. The molecule has 2 atom stereocenters. The molecule has 0 saturated carbocycles. The van der Waals surface area contributed by atoms with Gasteiger partial charge in [0.25, 0.3) is 0 Å². The third-order valence-corrected chi connectivity index (χ3v) is 2.85. The first kappa shape index (κ1) is 11.1. The molecule has 2 heterocycles. The second-order valence-electron chi connectivity index (χ2n) is 5.34. The SMILES string of the molecule is CC1C=CC=NC1c1ccn(C(C)(C)C)n1. The van der Waals surface area contributed by atoms with E-state index in [9.17, 15) is 0 Å². The van der Waals surface area contributed by atoms with Crippen LogP contribution in [0.5, 0.6) is 0 Å². The highest BCUT2D eigenvalue weighted by atomic mass is 15.3. The van der Waals surface area contributed by atoms with E-state index in [0.29, 0.717) is 5.92 Å². The quantitative estimate of drug-likeness (QED) is 0.711. The zero-order valence-electron chi connectivity index (χ0n) is 10.4. The van der Waals surface area contributed by atoms with E-state index in [1.165, 1.54) is 0 Å². The number of hydrogen-bond donors (Lipinski definition) is 0. The fourth-order valence-electron chi connectivity index (χ4n) is 1.82. The predicted octanol–water partition coefficient (Wildman–Crippen LogP) is 2.96. The molecule has 0 amide bonds. The van der Waals surface area contributed by atoms with Crippen molar-refractivity contribution >= 4 is 6.21 Å². The van der Waals surface area contributed by atoms with E-state index >= 15 is 0 Å². The molecule has 0 aliphatic carbocycles. The van der Waals surface area contributed by atoms with Crippen molar-refractivity contribution in [2.24, 2.45) is 10.9 Å². The summed E-state index contributed by atoms with van der Waals surface area (Å²) in [7, 11) is 0. The normalized spacial score (nSPS) is 25.0. The number of nitrogens with zero attached hydrogens (tertiary/aromatic N) is 3. The molecular formula is C13H19N3. The molecule has 2 rings (SSSR count). The van der Waals surface area contributed by atoms with Crippen molar-refractivity contribution in [3.8, 4) is 0 Å². The van der Waals surface area contributed by atoms with Crippen LogP contribution in [0, 0.1) is 5.92 Å². The van der Waals surface area contributed by atoms with E-state index in [4.69, 9.17) is 0 Å². The number of aromatic nitrogens is 2. The number of dihydropyridines is 1. The highest BCUT2D eigenvalue weighted by Gasteiger charge is 2.22. The molecule has 0 aromatic carbocycles. The Bertz CT molecular complexity index is 421. The summed E-state index contributed by atoms with van der Waals surface area (Å²) in [6, 6.07) is 2.25. The molecule has 1 aromatic rings. The lowest BCUT2D eigenvalue weighted by Gasteiger charge is -2.20. The van der Waals surface area contributed by atoms with Crippen LogP contribution < -0.4 is 0 Å². The second-order valence-corrected chi connectivity index (χ2v) is 5.34. The first-order valence-electron chi connectivity index (χ1n) is 5.74. The Balaban J connectivity index is 2.25. The van der Waals surface area contributed by atoms with Crippen LogP contribution in [0.25, 0.3) is 0 Å². The fraction of sp³-hybridized carbons (Fsp3) is 0.538. The molecule has 0 radical (unpaired) electrons. The van der Waals surface area contributed by atoms with Crippen LogP contribution in [0.15, 0.2) is 29.4 Å². The zero-order chi connectivity index (χ0) is 11.8. The van der Waals surface area contributed by atoms with Crippen molar-refractivity contribution in [1.29, 1.82) is 0 Å². The first-order valence-corrected chi connectivity index (χ1v) is 5.74. The van der Waals surface area contributed by atoms with E-state index in [1.54, 1.807) is 0 Å². The van der Waals surface area contributed by atoms with Crippen LogP contribution in [0.3, 0.4) is 0 Å². The van der Waals surface area contributed by atoms with Gasteiger partial charge in [0.15, 0.2) is 0 Å². The maximum absolute atomic E-state index is 4.62. The molecule has 0 N–H and O–H groups in total. The van der Waals surface area contributed by atoms with Gasteiger partial charge in [-0.15, -0.1) is 0 Å². The number of rotatable bonds is 1. The summed E-state index contributed by atoms with van der Waals surface area (Å²) in [4.78, 5) is 4.49. The van der Waals surface area contributed by atoms with E-state index in [-0.39, 0.29) is 11.6 Å². The lowest BCUT2D eigenvalue weighted by Crippen LogP contribution is -2.22. The van der Waals surface area contributed by atoms with Gasteiger partial charge in [-0.25, -0.2) is 0 Å². The summed E-state index contributed by atoms with van der Waals surface area (Å²) < 4.78 is 2.00. The fourth-order valence-corrected chi connectivity index (χ4v) is 1.82. The van der Waals surface area contributed by atoms with Gasteiger partial charge in [-0.05, 0) is 32.9 Å². The zero-order valence-corrected chi connectivity index (χ0v) is 10.4. The average molecular weight is 217 g/mol. The van der Waals surface area contributed by atoms with Crippen molar-refractivity contribution in [1.82, 2.24) is 9.78 Å². The topological polar surface area (TPSA) is 30.2 Å². The van der Waals surface area contributed by atoms with Crippen molar-refractivity contribution in [3.05, 3.63) is 30.1 Å². The standard InChI is InChI=1S/C13H19N3/c1-10-6-5-8-14-12(10)11-7-9-16(15-11)13(2,3)4/h5-10,12H,1-4H3. The minimum Gasteiger partial charge on any atom is -0.283 e. The molecule has 0 saturated heterocycles. The van der Waals surface area contributed by atoms with Crippen molar-refractivity contribution in [2.75, 3.05) is 0 Å². The predicted molar refractivity (Wildman–Crippen MR) is 66.8 cm³/mol. The Labute approximate surface area is 96.9 Å². The first-order chi connectivity index (χ1) is 7.48. The minimum absolute atomic E-state index is 0.0374. The lowest BCUT2D eigenvalue weighted by molar-refractivity contribution is 0.349. The molecule has 16 heavy (non-hydrogen) atoms. The van der Waals surface area contributed by atoms with Gasteiger partial charge in [0.2, 0.25) is 0 Å². The lowest BCUT2D eigenvalue weighted by atomic mass is 9.97. The summed E-state index contributed by atoms with van der Waals surface area (Å²) in [5.74, 6) is 0.424. The third-order valence-electron chi connectivity index (χ3n) is 2.85. The Morgan fingerprint density at radius 3 is 2.62 bits per heavy atom. The van der Waals surface area contributed by atoms with Gasteiger partial charge < -0.3 is 0 Å².